The van der Waals surface area contributed by atoms with E-state index in [9.17, 15) is 14.9 Å². The quantitative estimate of drug-likeness (QED) is 0.218. The van der Waals surface area contributed by atoms with Crippen LogP contribution in [0.2, 0.25) is 0 Å². The van der Waals surface area contributed by atoms with Crippen LogP contribution in [0, 0.1) is 16.0 Å². The number of carbonyl (C=O) groups is 1. The number of nitro groups is 1. The molecular weight excluding hydrogens is 302 g/mol. The van der Waals surface area contributed by atoms with Gasteiger partial charge in [-0.2, -0.15) is 0 Å². The van der Waals surface area contributed by atoms with Crippen molar-refractivity contribution < 1.29 is 14.5 Å². The van der Waals surface area contributed by atoms with Gasteiger partial charge in [-0.1, -0.05) is 0 Å². The van der Waals surface area contributed by atoms with E-state index in [0.29, 0.717) is 12.1 Å². The first-order valence-electron chi connectivity index (χ1n) is 7.17. The number of carbonyl (C=O) groups excluding carboxylic acids is 1. The third kappa shape index (κ3) is 4.65. The predicted molar refractivity (Wildman–Crippen MR) is 83.5 cm³/mol. The van der Waals surface area contributed by atoms with Gasteiger partial charge < -0.3 is 21.5 Å². The number of ether oxygens (including phenoxy) is 1. The highest BCUT2D eigenvalue weighted by atomic mass is 16.6. The average Bonchev–Trinajstić information content (AvgIpc) is 3.04. The van der Waals surface area contributed by atoms with Crippen LogP contribution < -0.4 is 16.8 Å². The second-order valence-corrected chi connectivity index (χ2v) is 5.28. The van der Waals surface area contributed by atoms with Gasteiger partial charge in [0.2, 0.25) is 0 Å². The molecule has 0 saturated carbocycles. The molecule has 2 atom stereocenters. The summed E-state index contributed by atoms with van der Waals surface area (Å²) in [6.45, 7) is 1.46. The molecule has 1 aliphatic heterocycles. The summed E-state index contributed by atoms with van der Waals surface area (Å²) in [5.41, 5.74) is 11.4. The lowest BCUT2D eigenvalue weighted by Gasteiger charge is -2.17. The van der Waals surface area contributed by atoms with Crippen LogP contribution in [0.25, 0.3) is 0 Å². The molecule has 1 saturated heterocycles. The molecule has 1 aromatic carbocycles. The fourth-order valence-electron chi connectivity index (χ4n) is 2.41. The summed E-state index contributed by atoms with van der Waals surface area (Å²) in [6.07, 6.45) is 0.786. The van der Waals surface area contributed by atoms with Crippen LogP contribution in [0.5, 0.6) is 0 Å². The molecule has 0 radical (unpaired) electrons. The minimum Gasteiger partial charge on any atom is -0.459 e. The Morgan fingerprint density at radius 3 is 2.65 bits per heavy atom. The highest BCUT2D eigenvalue weighted by molar-refractivity contribution is 5.83. The van der Waals surface area contributed by atoms with Gasteiger partial charge in [0, 0.05) is 24.6 Å². The van der Waals surface area contributed by atoms with Gasteiger partial charge in [0.05, 0.1) is 4.92 Å². The second kappa shape index (κ2) is 7.54. The molecule has 1 aliphatic rings. The molecule has 23 heavy (non-hydrogen) atoms. The van der Waals surface area contributed by atoms with Crippen molar-refractivity contribution >= 4 is 17.6 Å². The number of non-ortho nitro benzene ring substituents is 1. The van der Waals surface area contributed by atoms with Crippen LogP contribution in [-0.4, -0.2) is 36.0 Å². The summed E-state index contributed by atoms with van der Waals surface area (Å²) in [6, 6.07) is 5.05. The maximum atomic E-state index is 12.2. The number of aliphatic imine (C=N–C) groups is 1. The lowest BCUT2D eigenvalue weighted by atomic mass is 9.99. The number of hydrogen-bond donors (Lipinski definition) is 3. The molecule has 9 heteroatoms. The Morgan fingerprint density at radius 1 is 1.43 bits per heavy atom. The largest absolute Gasteiger partial charge is 0.459 e. The van der Waals surface area contributed by atoms with E-state index in [-0.39, 0.29) is 24.2 Å². The first-order valence-corrected chi connectivity index (χ1v) is 7.17. The number of guanidine groups is 1. The Bertz CT molecular complexity index is 592. The number of benzene rings is 1. The van der Waals surface area contributed by atoms with E-state index in [1.54, 1.807) is 0 Å². The number of nitrogens with one attached hydrogen (secondary N) is 1. The van der Waals surface area contributed by atoms with Gasteiger partial charge in [-0.15, -0.1) is 0 Å². The number of nitrogens with two attached hydrogens (primary N) is 2. The van der Waals surface area contributed by atoms with Gasteiger partial charge in [0.1, 0.15) is 6.61 Å². The number of nitro benzene ring substituents is 1. The van der Waals surface area contributed by atoms with Crippen LogP contribution >= 0.6 is 0 Å². The van der Waals surface area contributed by atoms with E-state index in [2.05, 4.69) is 10.3 Å². The second-order valence-electron chi connectivity index (χ2n) is 5.28. The fraction of sp³-hybridized carbons (Fsp3) is 0.429. The number of hydrogen-bond acceptors (Lipinski definition) is 6. The molecule has 0 aromatic heterocycles. The zero-order chi connectivity index (χ0) is 16.8. The van der Waals surface area contributed by atoms with Gasteiger partial charge >= 0.3 is 5.97 Å². The molecule has 1 fully saturated rings. The summed E-state index contributed by atoms with van der Waals surface area (Å²) in [5, 5.41) is 13.7. The van der Waals surface area contributed by atoms with Crippen molar-refractivity contribution in [3.8, 4) is 0 Å². The Labute approximate surface area is 132 Å². The van der Waals surface area contributed by atoms with E-state index < -0.39 is 16.9 Å². The maximum Gasteiger partial charge on any atom is 0.331 e. The molecule has 1 heterocycles. The van der Waals surface area contributed by atoms with E-state index in [0.717, 1.165) is 13.0 Å². The number of nitrogens with zero attached hydrogens (tertiary/aromatic N) is 2. The first-order chi connectivity index (χ1) is 11.0. The SMILES string of the molecule is NC(N)=NC(C(=O)OCc1ccc([N+](=O)[O-])cc1)[C@H]1CCNC1. The van der Waals surface area contributed by atoms with Gasteiger partial charge in [-0.25, -0.2) is 9.79 Å². The third-order valence-corrected chi connectivity index (χ3v) is 3.60. The molecule has 1 unspecified atom stereocenters. The van der Waals surface area contributed by atoms with E-state index in [1.165, 1.54) is 24.3 Å². The van der Waals surface area contributed by atoms with Crippen LogP contribution in [0.1, 0.15) is 12.0 Å². The monoisotopic (exact) mass is 321 g/mol. The van der Waals surface area contributed by atoms with Crippen LogP contribution in [0.15, 0.2) is 29.3 Å². The number of esters is 1. The normalized spacial score (nSPS) is 18.2. The van der Waals surface area contributed by atoms with Crippen molar-refractivity contribution in [3.05, 3.63) is 39.9 Å². The van der Waals surface area contributed by atoms with Crippen LogP contribution in [0.4, 0.5) is 5.69 Å². The lowest BCUT2D eigenvalue weighted by molar-refractivity contribution is -0.384. The summed E-state index contributed by atoms with van der Waals surface area (Å²) in [5.74, 6) is -0.680. The zero-order valence-electron chi connectivity index (χ0n) is 12.5. The minimum absolute atomic E-state index is 0.00741. The molecular formula is C14H19N5O4. The zero-order valence-corrected chi connectivity index (χ0v) is 12.5. The van der Waals surface area contributed by atoms with Crippen molar-refractivity contribution in [2.75, 3.05) is 13.1 Å². The van der Waals surface area contributed by atoms with Gasteiger partial charge in [-0.3, -0.25) is 10.1 Å². The minimum atomic E-state index is -0.743. The van der Waals surface area contributed by atoms with Crippen LogP contribution in [0.3, 0.4) is 0 Å². The highest BCUT2D eigenvalue weighted by Crippen LogP contribution is 2.18. The van der Waals surface area contributed by atoms with E-state index >= 15 is 0 Å². The first kappa shape index (κ1) is 16.7. The Hall–Kier alpha value is -2.68. The summed E-state index contributed by atoms with van der Waals surface area (Å²) in [4.78, 5) is 26.3. The van der Waals surface area contributed by atoms with Crippen molar-refractivity contribution in [1.29, 1.82) is 0 Å². The third-order valence-electron chi connectivity index (χ3n) is 3.60. The summed E-state index contributed by atoms with van der Waals surface area (Å²) < 4.78 is 5.25. The molecule has 5 N–H and O–H groups in total. The van der Waals surface area contributed by atoms with Crippen molar-refractivity contribution in [1.82, 2.24) is 5.32 Å². The standard InChI is InChI=1S/C14H19N5O4/c15-14(16)18-12(10-5-6-17-7-10)13(20)23-8-9-1-3-11(4-2-9)19(21)22/h1-4,10,12,17H,5-8H2,(H4,15,16,18)/t10-,12?/m0/s1. The molecule has 2 rings (SSSR count). The lowest BCUT2D eigenvalue weighted by Crippen LogP contribution is -2.35. The highest BCUT2D eigenvalue weighted by Gasteiger charge is 2.31. The molecule has 0 amide bonds. The maximum absolute atomic E-state index is 12.2. The van der Waals surface area contributed by atoms with Gasteiger partial charge in [0.15, 0.2) is 12.0 Å². The van der Waals surface area contributed by atoms with E-state index in [1.807, 2.05) is 0 Å². The van der Waals surface area contributed by atoms with E-state index in [4.69, 9.17) is 16.2 Å². The smallest absolute Gasteiger partial charge is 0.331 e. The van der Waals surface area contributed by atoms with Crippen LogP contribution in [-0.2, 0) is 16.1 Å². The van der Waals surface area contributed by atoms with Crippen molar-refractivity contribution in [3.63, 3.8) is 0 Å². The molecule has 124 valence electrons. The molecule has 0 spiro atoms. The van der Waals surface area contributed by atoms with Gasteiger partial charge in [-0.05, 0) is 30.7 Å². The average molecular weight is 321 g/mol. The fourth-order valence-corrected chi connectivity index (χ4v) is 2.41. The Kier molecular flexibility index (Phi) is 5.47. The summed E-state index contributed by atoms with van der Waals surface area (Å²) >= 11 is 0. The van der Waals surface area contributed by atoms with Gasteiger partial charge in [0.25, 0.3) is 5.69 Å². The molecule has 1 aromatic rings. The van der Waals surface area contributed by atoms with Crippen molar-refractivity contribution in [2.24, 2.45) is 22.4 Å². The molecule has 9 nitrogen and oxygen atoms in total. The predicted octanol–water partition coefficient (Wildman–Crippen LogP) is -0.110. The Balaban J connectivity index is 1.98. The topological polar surface area (TPSA) is 146 Å². The number of rotatable bonds is 6. The molecule has 0 bridgehead atoms. The van der Waals surface area contributed by atoms with Crippen molar-refractivity contribution in [2.45, 2.75) is 19.1 Å². The summed E-state index contributed by atoms with van der Waals surface area (Å²) in [7, 11) is 0. The Morgan fingerprint density at radius 2 is 2.13 bits per heavy atom. The molecule has 0 aliphatic carbocycles.